The molecular weight excluding hydrogens is 440 g/mol. The molecule has 0 aliphatic heterocycles. The zero-order chi connectivity index (χ0) is 16.8. The lowest BCUT2D eigenvalue weighted by atomic mass is 10.1. The number of hydrogen-bond donors (Lipinski definition) is 2. The number of nitrogens with zero attached hydrogens (tertiary/aromatic N) is 3. The van der Waals surface area contributed by atoms with Gasteiger partial charge in [-0.25, -0.2) is 9.37 Å². The van der Waals surface area contributed by atoms with Gasteiger partial charge in [0.15, 0.2) is 5.96 Å². The predicted octanol–water partition coefficient (Wildman–Crippen LogP) is 3.25. The summed E-state index contributed by atoms with van der Waals surface area (Å²) in [5.74, 6) is 0.204. The van der Waals surface area contributed by atoms with Crippen molar-refractivity contribution < 1.29 is 4.39 Å². The molecule has 0 amide bonds. The first kappa shape index (κ1) is 20.3. The van der Waals surface area contributed by atoms with Crippen LogP contribution in [0, 0.1) is 31.0 Å². The van der Waals surface area contributed by atoms with Crippen molar-refractivity contribution >= 4 is 41.3 Å². The van der Waals surface area contributed by atoms with Crippen LogP contribution in [0.1, 0.15) is 26.7 Å². The Morgan fingerprint density at radius 1 is 1.33 bits per heavy atom. The zero-order valence-corrected chi connectivity index (χ0v) is 16.8. The molecule has 24 heavy (non-hydrogen) atoms. The molecule has 0 radical (unpaired) electrons. The van der Waals surface area contributed by atoms with Gasteiger partial charge in [0, 0.05) is 24.0 Å². The monoisotopic (exact) mass is 459 g/mol. The first-order valence-electron chi connectivity index (χ1n) is 7.09. The number of aryl methyl sites for hydroxylation is 2. The number of benzene rings is 1. The van der Waals surface area contributed by atoms with Crippen molar-refractivity contribution in [3.63, 3.8) is 0 Å². The number of thiazole rings is 1. The minimum atomic E-state index is -0.349. The Kier molecular flexibility index (Phi) is 8.07. The second kappa shape index (κ2) is 9.54. The van der Waals surface area contributed by atoms with Crippen LogP contribution in [0.2, 0.25) is 0 Å². The van der Waals surface area contributed by atoms with Gasteiger partial charge in [-0.1, -0.05) is 0 Å². The second-order valence-electron chi connectivity index (χ2n) is 4.95. The van der Waals surface area contributed by atoms with Crippen LogP contribution in [0.4, 0.5) is 4.39 Å². The Morgan fingerprint density at radius 2 is 2.04 bits per heavy atom. The highest BCUT2D eigenvalue weighted by molar-refractivity contribution is 14.0. The van der Waals surface area contributed by atoms with Gasteiger partial charge in [-0.2, -0.15) is 5.26 Å². The number of aliphatic imine (C=N–C) groups is 1. The highest BCUT2D eigenvalue weighted by Crippen LogP contribution is 2.16. The second-order valence-corrected chi connectivity index (χ2v) is 6.23. The Balaban J connectivity index is 0.00000288. The molecule has 2 aromatic rings. The molecule has 1 aromatic carbocycles. The van der Waals surface area contributed by atoms with Crippen LogP contribution < -0.4 is 10.6 Å². The van der Waals surface area contributed by atoms with E-state index < -0.39 is 0 Å². The van der Waals surface area contributed by atoms with Gasteiger partial charge in [0.25, 0.3) is 0 Å². The average molecular weight is 459 g/mol. The molecule has 128 valence electrons. The normalized spacial score (nSPS) is 10.7. The molecule has 2 N–H and O–H groups in total. The van der Waals surface area contributed by atoms with Gasteiger partial charge in [-0.3, -0.25) is 4.99 Å². The summed E-state index contributed by atoms with van der Waals surface area (Å²) < 4.78 is 13.7. The molecule has 0 fully saturated rings. The lowest BCUT2D eigenvalue weighted by Crippen LogP contribution is -2.36. The number of aromatic nitrogens is 1. The van der Waals surface area contributed by atoms with E-state index in [0.29, 0.717) is 23.6 Å². The summed E-state index contributed by atoms with van der Waals surface area (Å²) in [6.45, 7) is 4.82. The van der Waals surface area contributed by atoms with Crippen molar-refractivity contribution in [3.8, 4) is 6.07 Å². The number of rotatable bonds is 4. The molecule has 0 atom stereocenters. The van der Waals surface area contributed by atoms with Gasteiger partial charge in [-0.05, 0) is 32.0 Å². The van der Waals surface area contributed by atoms with E-state index in [1.165, 1.54) is 23.1 Å². The minimum Gasteiger partial charge on any atom is -0.352 e. The molecule has 8 heteroatoms. The molecule has 0 bridgehead atoms. The van der Waals surface area contributed by atoms with E-state index in [1.807, 2.05) is 19.9 Å². The first-order valence-corrected chi connectivity index (χ1v) is 7.91. The maximum absolute atomic E-state index is 13.7. The van der Waals surface area contributed by atoms with E-state index in [9.17, 15) is 4.39 Å². The fourth-order valence-corrected chi connectivity index (χ4v) is 2.83. The third kappa shape index (κ3) is 5.42. The van der Waals surface area contributed by atoms with E-state index in [4.69, 9.17) is 5.26 Å². The van der Waals surface area contributed by atoms with E-state index in [2.05, 4.69) is 20.6 Å². The van der Waals surface area contributed by atoms with Crippen molar-refractivity contribution in [3.05, 3.63) is 50.7 Å². The molecule has 0 aliphatic rings. The number of nitriles is 1. The highest BCUT2D eigenvalue weighted by Gasteiger charge is 2.07. The zero-order valence-electron chi connectivity index (χ0n) is 13.7. The fourth-order valence-electron chi connectivity index (χ4n) is 1.95. The standard InChI is InChI=1S/C16H18FN5S.HI/c1-10-11(2)23-15(22-10)9-21-16(19-3)20-8-13-6-12(7-18)4-5-14(13)17;/h4-6H,8-9H2,1-3H3,(H2,19,20,21);1H. The summed E-state index contributed by atoms with van der Waals surface area (Å²) in [5.41, 5.74) is 1.89. The molecule has 1 heterocycles. The van der Waals surface area contributed by atoms with Gasteiger partial charge in [-0.15, -0.1) is 35.3 Å². The van der Waals surface area contributed by atoms with Crippen molar-refractivity contribution in [2.24, 2.45) is 4.99 Å². The summed E-state index contributed by atoms with van der Waals surface area (Å²) in [7, 11) is 1.65. The smallest absolute Gasteiger partial charge is 0.191 e. The fraction of sp³-hybridized carbons (Fsp3) is 0.312. The molecule has 0 aliphatic carbocycles. The van der Waals surface area contributed by atoms with E-state index in [0.717, 1.165) is 10.7 Å². The molecule has 1 aromatic heterocycles. The Labute approximate surface area is 162 Å². The third-order valence-electron chi connectivity index (χ3n) is 3.32. The lowest BCUT2D eigenvalue weighted by Gasteiger charge is -2.11. The number of nitrogens with one attached hydrogen (secondary N) is 2. The van der Waals surface area contributed by atoms with Gasteiger partial charge < -0.3 is 10.6 Å². The molecule has 0 spiro atoms. The van der Waals surface area contributed by atoms with E-state index in [-0.39, 0.29) is 36.3 Å². The summed E-state index contributed by atoms with van der Waals surface area (Å²) in [6, 6.07) is 6.29. The van der Waals surface area contributed by atoms with Crippen LogP contribution in [0.5, 0.6) is 0 Å². The van der Waals surface area contributed by atoms with Crippen LogP contribution in [-0.2, 0) is 13.1 Å². The van der Waals surface area contributed by atoms with Crippen LogP contribution in [0.15, 0.2) is 23.2 Å². The summed E-state index contributed by atoms with van der Waals surface area (Å²) in [6.07, 6.45) is 0. The van der Waals surface area contributed by atoms with E-state index in [1.54, 1.807) is 18.4 Å². The molecule has 0 saturated heterocycles. The van der Waals surface area contributed by atoms with Crippen molar-refractivity contribution in [1.29, 1.82) is 5.26 Å². The minimum absolute atomic E-state index is 0. The van der Waals surface area contributed by atoms with Gasteiger partial charge in [0.05, 0.1) is 23.9 Å². The van der Waals surface area contributed by atoms with Crippen LogP contribution in [0.3, 0.4) is 0 Å². The number of halogens is 2. The molecule has 5 nitrogen and oxygen atoms in total. The van der Waals surface area contributed by atoms with Gasteiger partial charge in [0.2, 0.25) is 0 Å². The lowest BCUT2D eigenvalue weighted by molar-refractivity contribution is 0.604. The van der Waals surface area contributed by atoms with E-state index >= 15 is 0 Å². The highest BCUT2D eigenvalue weighted by atomic mass is 127. The quantitative estimate of drug-likeness (QED) is 0.419. The topological polar surface area (TPSA) is 73.1 Å². The molecule has 2 rings (SSSR count). The van der Waals surface area contributed by atoms with Gasteiger partial charge in [0.1, 0.15) is 10.8 Å². The average Bonchev–Trinajstić information content (AvgIpc) is 2.87. The number of hydrogen-bond acceptors (Lipinski definition) is 4. The molecule has 0 saturated carbocycles. The number of guanidine groups is 1. The maximum atomic E-state index is 13.7. The largest absolute Gasteiger partial charge is 0.352 e. The van der Waals surface area contributed by atoms with Crippen molar-refractivity contribution in [2.45, 2.75) is 26.9 Å². The summed E-state index contributed by atoms with van der Waals surface area (Å²) in [5, 5.41) is 16.0. The van der Waals surface area contributed by atoms with Crippen molar-refractivity contribution in [2.75, 3.05) is 7.05 Å². The Morgan fingerprint density at radius 3 is 2.62 bits per heavy atom. The van der Waals surface area contributed by atoms with Gasteiger partial charge >= 0.3 is 0 Å². The Hall–Kier alpha value is -1.73. The summed E-state index contributed by atoms with van der Waals surface area (Å²) in [4.78, 5) is 9.75. The van der Waals surface area contributed by atoms with Crippen LogP contribution >= 0.6 is 35.3 Å². The van der Waals surface area contributed by atoms with Crippen LogP contribution in [-0.4, -0.2) is 18.0 Å². The predicted molar refractivity (Wildman–Crippen MR) is 105 cm³/mol. The molecule has 0 unspecified atom stereocenters. The van der Waals surface area contributed by atoms with Crippen molar-refractivity contribution in [1.82, 2.24) is 15.6 Å². The first-order chi connectivity index (χ1) is 11.0. The maximum Gasteiger partial charge on any atom is 0.191 e. The molecular formula is C16H19FIN5S. The SMILES string of the molecule is CN=C(NCc1nc(C)c(C)s1)NCc1cc(C#N)ccc1F.I. The third-order valence-corrected chi connectivity index (χ3v) is 4.40. The Bertz CT molecular complexity index is 747. The van der Waals surface area contributed by atoms with Crippen LogP contribution in [0.25, 0.3) is 0 Å². The summed E-state index contributed by atoms with van der Waals surface area (Å²) >= 11 is 1.64.